The molecule has 1 saturated heterocycles. The van der Waals surface area contributed by atoms with Crippen molar-refractivity contribution in [3.8, 4) is 0 Å². The van der Waals surface area contributed by atoms with Crippen LogP contribution in [-0.4, -0.2) is 28.9 Å². The maximum Gasteiger partial charge on any atom is 0.237 e. The molecule has 1 saturated carbocycles. The van der Waals surface area contributed by atoms with Gasteiger partial charge >= 0.3 is 0 Å². The van der Waals surface area contributed by atoms with Crippen molar-refractivity contribution in [2.45, 2.75) is 49.1 Å². The number of carbonyl (C=O) groups excluding carboxylic acids is 1. The van der Waals surface area contributed by atoms with Crippen molar-refractivity contribution in [2.24, 2.45) is 0 Å². The second-order valence-corrected chi connectivity index (χ2v) is 5.32. The highest BCUT2D eigenvalue weighted by Gasteiger charge is 2.36. The molecule has 0 aromatic carbocycles. The average molecular weight is 247 g/mol. The average Bonchev–Trinajstić information content (AvgIpc) is 2.08. The minimum Gasteiger partial charge on any atom is -0.350 e. The number of nitrogens with one attached hydrogen (secondary N) is 2. The molecule has 0 radical (unpaired) electrons. The lowest BCUT2D eigenvalue weighted by Gasteiger charge is -2.41. The molecule has 0 aromatic heterocycles. The van der Waals surface area contributed by atoms with E-state index in [0.717, 1.165) is 12.8 Å². The summed E-state index contributed by atoms with van der Waals surface area (Å²) in [6, 6.07) is 0.802. The molecular formula is C9H15BrN2O. The van der Waals surface area contributed by atoms with Crippen molar-refractivity contribution < 1.29 is 4.79 Å². The Morgan fingerprint density at radius 2 is 2.15 bits per heavy atom. The molecule has 0 spiro atoms. The summed E-state index contributed by atoms with van der Waals surface area (Å²) in [4.78, 5) is 11.9. The van der Waals surface area contributed by atoms with Crippen molar-refractivity contribution in [3.05, 3.63) is 0 Å². The molecule has 0 aromatic rings. The van der Waals surface area contributed by atoms with E-state index in [1.165, 1.54) is 6.42 Å². The van der Waals surface area contributed by atoms with Crippen LogP contribution in [0, 0.1) is 0 Å². The van der Waals surface area contributed by atoms with E-state index in [2.05, 4.69) is 26.6 Å². The predicted octanol–water partition coefficient (Wildman–Crippen LogP) is 0.779. The van der Waals surface area contributed by atoms with E-state index in [1.54, 1.807) is 0 Å². The summed E-state index contributed by atoms with van der Waals surface area (Å²) in [7, 11) is 0. The summed E-state index contributed by atoms with van der Waals surface area (Å²) < 4.78 is 0. The molecule has 3 nitrogen and oxygen atoms in total. The van der Waals surface area contributed by atoms with Gasteiger partial charge in [-0.3, -0.25) is 4.79 Å². The zero-order chi connectivity index (χ0) is 9.42. The largest absolute Gasteiger partial charge is 0.350 e. The third-order valence-corrected chi connectivity index (χ3v) is 3.80. The van der Waals surface area contributed by atoms with Crippen molar-refractivity contribution in [2.75, 3.05) is 0 Å². The Labute approximate surface area is 86.8 Å². The zero-order valence-electron chi connectivity index (χ0n) is 7.72. The summed E-state index contributed by atoms with van der Waals surface area (Å²) in [6.07, 6.45) is 3.41. The number of carbonyl (C=O) groups is 1. The number of piperazine rings is 1. The maximum atomic E-state index is 11.4. The Bertz CT molecular complexity index is 222. The molecule has 1 heterocycles. The molecule has 2 aliphatic rings. The summed E-state index contributed by atoms with van der Waals surface area (Å²) in [5.41, 5.74) is 0. The van der Waals surface area contributed by atoms with E-state index >= 15 is 0 Å². The number of halogens is 1. The Balaban J connectivity index is 2.02. The number of hydrogen-bond acceptors (Lipinski definition) is 2. The molecule has 1 amide bonds. The van der Waals surface area contributed by atoms with E-state index < -0.39 is 0 Å². The van der Waals surface area contributed by atoms with Crippen LogP contribution in [0.25, 0.3) is 0 Å². The number of hydrogen-bond donors (Lipinski definition) is 2. The highest BCUT2D eigenvalue weighted by Crippen LogP contribution is 2.26. The first-order valence-electron chi connectivity index (χ1n) is 4.87. The zero-order valence-corrected chi connectivity index (χ0v) is 9.30. The molecule has 4 atom stereocenters. The van der Waals surface area contributed by atoms with Gasteiger partial charge in [0.1, 0.15) is 0 Å². The highest BCUT2D eigenvalue weighted by molar-refractivity contribution is 9.09. The molecule has 0 bridgehead atoms. The molecule has 74 valence electrons. The third-order valence-electron chi connectivity index (χ3n) is 2.97. The van der Waals surface area contributed by atoms with Gasteiger partial charge in [0.25, 0.3) is 0 Å². The third kappa shape index (κ3) is 1.89. The van der Waals surface area contributed by atoms with Crippen LogP contribution in [0.3, 0.4) is 0 Å². The molecule has 4 heteroatoms. The number of amides is 1. The van der Waals surface area contributed by atoms with Gasteiger partial charge in [-0.1, -0.05) is 15.9 Å². The monoisotopic (exact) mass is 246 g/mol. The lowest BCUT2D eigenvalue weighted by atomic mass is 9.88. The van der Waals surface area contributed by atoms with Crippen molar-refractivity contribution >= 4 is 21.8 Å². The first kappa shape index (κ1) is 9.46. The van der Waals surface area contributed by atoms with Gasteiger partial charge in [-0.15, -0.1) is 0 Å². The van der Waals surface area contributed by atoms with Crippen molar-refractivity contribution in [1.82, 2.24) is 10.6 Å². The van der Waals surface area contributed by atoms with E-state index in [-0.39, 0.29) is 11.9 Å². The van der Waals surface area contributed by atoms with Gasteiger partial charge in [0.05, 0.1) is 6.04 Å². The first-order chi connectivity index (χ1) is 6.16. The molecule has 1 aliphatic heterocycles. The Hall–Kier alpha value is -0.0900. The molecule has 1 aliphatic carbocycles. The Kier molecular flexibility index (Phi) is 2.60. The van der Waals surface area contributed by atoms with Gasteiger partial charge < -0.3 is 10.6 Å². The number of fused-ring (bicyclic) bond motifs is 1. The molecule has 4 unspecified atom stereocenters. The lowest BCUT2D eigenvalue weighted by molar-refractivity contribution is -0.126. The lowest BCUT2D eigenvalue weighted by Crippen LogP contribution is -2.64. The number of rotatable bonds is 0. The topological polar surface area (TPSA) is 41.1 Å². The first-order valence-corrected chi connectivity index (χ1v) is 5.79. The molecule has 2 fully saturated rings. The fourth-order valence-corrected chi connectivity index (χ4v) is 2.85. The quantitative estimate of drug-likeness (QED) is 0.621. The van der Waals surface area contributed by atoms with Crippen LogP contribution >= 0.6 is 15.9 Å². The van der Waals surface area contributed by atoms with Gasteiger partial charge in [-0.2, -0.15) is 0 Å². The van der Waals surface area contributed by atoms with E-state index in [9.17, 15) is 4.79 Å². The van der Waals surface area contributed by atoms with Gasteiger partial charge in [-0.05, 0) is 26.2 Å². The van der Waals surface area contributed by atoms with Crippen molar-refractivity contribution in [1.29, 1.82) is 0 Å². The minimum absolute atomic E-state index is 0.0203. The normalized spacial score (nSPS) is 45.2. The van der Waals surface area contributed by atoms with Gasteiger partial charge in [0.15, 0.2) is 0 Å². The van der Waals surface area contributed by atoms with Crippen LogP contribution in [0.5, 0.6) is 0 Å². The molecule has 2 rings (SSSR count). The Morgan fingerprint density at radius 3 is 2.92 bits per heavy atom. The molecule has 2 N–H and O–H groups in total. The smallest absolute Gasteiger partial charge is 0.237 e. The SMILES string of the molecule is CC1NC2CCC(Br)CC2NC1=O. The summed E-state index contributed by atoms with van der Waals surface area (Å²) >= 11 is 3.61. The van der Waals surface area contributed by atoms with Crippen LogP contribution in [0.2, 0.25) is 0 Å². The summed E-state index contributed by atoms with van der Waals surface area (Å²) in [6.45, 7) is 1.92. The minimum atomic E-state index is -0.0203. The standard InChI is InChI=1S/C9H15BrN2O/c1-5-9(13)12-8-4-6(10)2-3-7(8)11-5/h5-8,11H,2-4H2,1H3,(H,12,13). The van der Waals surface area contributed by atoms with Crippen LogP contribution in [0.1, 0.15) is 26.2 Å². The van der Waals surface area contributed by atoms with Crippen LogP contribution in [-0.2, 0) is 4.79 Å². The summed E-state index contributed by atoms with van der Waals surface area (Å²) in [5, 5.41) is 6.42. The fourth-order valence-electron chi connectivity index (χ4n) is 2.18. The van der Waals surface area contributed by atoms with Crippen LogP contribution in [0.4, 0.5) is 0 Å². The van der Waals surface area contributed by atoms with E-state index in [4.69, 9.17) is 0 Å². The fraction of sp³-hybridized carbons (Fsp3) is 0.889. The van der Waals surface area contributed by atoms with Crippen LogP contribution < -0.4 is 10.6 Å². The maximum absolute atomic E-state index is 11.4. The molecular weight excluding hydrogens is 232 g/mol. The van der Waals surface area contributed by atoms with Gasteiger partial charge in [0.2, 0.25) is 5.91 Å². The second-order valence-electron chi connectivity index (χ2n) is 4.02. The van der Waals surface area contributed by atoms with Crippen LogP contribution in [0.15, 0.2) is 0 Å². The summed E-state index contributed by atoms with van der Waals surface area (Å²) in [5.74, 6) is 0.142. The predicted molar refractivity (Wildman–Crippen MR) is 54.9 cm³/mol. The highest BCUT2D eigenvalue weighted by atomic mass is 79.9. The van der Waals surface area contributed by atoms with E-state index in [0.29, 0.717) is 16.9 Å². The van der Waals surface area contributed by atoms with Gasteiger partial charge in [0, 0.05) is 16.9 Å². The van der Waals surface area contributed by atoms with Gasteiger partial charge in [-0.25, -0.2) is 0 Å². The van der Waals surface area contributed by atoms with Crippen molar-refractivity contribution in [3.63, 3.8) is 0 Å². The second kappa shape index (κ2) is 3.58. The number of alkyl halides is 1. The van der Waals surface area contributed by atoms with E-state index in [1.807, 2.05) is 6.92 Å². The Morgan fingerprint density at radius 1 is 1.38 bits per heavy atom. The molecule has 13 heavy (non-hydrogen) atoms.